The molecule has 1 saturated heterocycles. The van der Waals surface area contributed by atoms with Gasteiger partial charge >= 0.3 is 0 Å². The van der Waals surface area contributed by atoms with Crippen molar-refractivity contribution < 1.29 is 4.79 Å². The first-order valence-electron chi connectivity index (χ1n) is 11.8. The van der Waals surface area contributed by atoms with E-state index in [0.29, 0.717) is 10.8 Å². The van der Waals surface area contributed by atoms with Gasteiger partial charge in [0, 0.05) is 37.7 Å². The van der Waals surface area contributed by atoms with Gasteiger partial charge in [-0.3, -0.25) is 9.69 Å². The lowest BCUT2D eigenvalue weighted by Crippen LogP contribution is -2.48. The molecular weight excluding hydrogens is 462 g/mol. The lowest BCUT2D eigenvalue weighted by molar-refractivity contribution is -0.119. The molecule has 0 aliphatic carbocycles. The summed E-state index contributed by atoms with van der Waals surface area (Å²) in [6.45, 7) is 5.00. The predicted octanol–water partition coefficient (Wildman–Crippen LogP) is 5.27. The maximum atomic E-state index is 13.2. The minimum Gasteiger partial charge on any atom is -0.347 e. The first kappa shape index (κ1) is 24.8. The highest BCUT2D eigenvalue weighted by molar-refractivity contribution is 8.00. The van der Waals surface area contributed by atoms with Crippen LogP contribution in [0.5, 0.6) is 0 Å². The molecule has 4 rings (SSSR count). The molecule has 4 nitrogen and oxygen atoms in total. The predicted molar refractivity (Wildman–Crippen MR) is 143 cm³/mol. The molecule has 0 radical (unpaired) electrons. The molecule has 1 fully saturated rings. The minimum absolute atomic E-state index is 0.0246. The molecule has 2 atom stereocenters. The van der Waals surface area contributed by atoms with Gasteiger partial charge < -0.3 is 10.2 Å². The van der Waals surface area contributed by atoms with Crippen molar-refractivity contribution in [2.24, 2.45) is 0 Å². The lowest BCUT2D eigenvalue weighted by Gasteiger charge is -2.35. The molecule has 6 heteroatoms. The smallest absolute Gasteiger partial charge is 0.230 e. The van der Waals surface area contributed by atoms with Crippen LogP contribution in [-0.4, -0.2) is 61.2 Å². The first-order chi connectivity index (χ1) is 16.6. The van der Waals surface area contributed by atoms with Crippen molar-refractivity contribution in [2.45, 2.75) is 11.3 Å². The molecule has 0 spiro atoms. The SMILES string of the molecule is CN1CCN(CC(NC(=O)CSC(c2ccccc2)c2ccc(Cl)cc2)c2ccccc2)CC1. The molecule has 1 amide bonds. The van der Waals surface area contributed by atoms with Crippen LogP contribution in [0.2, 0.25) is 5.02 Å². The summed E-state index contributed by atoms with van der Waals surface area (Å²) in [6.07, 6.45) is 0. The van der Waals surface area contributed by atoms with Crippen LogP contribution < -0.4 is 5.32 Å². The molecule has 34 heavy (non-hydrogen) atoms. The number of thioether (sulfide) groups is 1. The maximum absolute atomic E-state index is 13.2. The quantitative estimate of drug-likeness (QED) is 0.440. The zero-order valence-corrected chi connectivity index (χ0v) is 21.1. The summed E-state index contributed by atoms with van der Waals surface area (Å²) < 4.78 is 0. The summed E-state index contributed by atoms with van der Waals surface area (Å²) in [7, 11) is 2.16. The Hall–Kier alpha value is -2.31. The minimum atomic E-state index is -0.0246. The summed E-state index contributed by atoms with van der Waals surface area (Å²) in [5.74, 6) is 0.441. The van der Waals surface area contributed by atoms with E-state index in [1.807, 2.05) is 60.7 Å². The molecular formula is C28H32ClN3OS. The second-order valence-corrected chi connectivity index (χ2v) is 10.3. The molecule has 178 valence electrons. The van der Waals surface area contributed by atoms with E-state index in [9.17, 15) is 4.79 Å². The third-order valence-electron chi connectivity index (χ3n) is 6.23. The standard InChI is InChI=1S/C28H32ClN3OS/c1-31-16-18-32(19-17-31)20-26(22-8-4-2-5-9-22)30-27(33)21-34-28(23-10-6-3-7-11-23)24-12-14-25(29)15-13-24/h2-15,26,28H,16-21H2,1H3,(H,30,33). The van der Waals surface area contributed by atoms with Crippen LogP contribution >= 0.6 is 23.4 Å². The van der Waals surface area contributed by atoms with Crippen molar-refractivity contribution in [1.29, 1.82) is 0 Å². The van der Waals surface area contributed by atoms with E-state index in [4.69, 9.17) is 11.6 Å². The lowest BCUT2D eigenvalue weighted by atomic mass is 10.0. The van der Waals surface area contributed by atoms with Gasteiger partial charge in [0.05, 0.1) is 17.0 Å². The summed E-state index contributed by atoms with van der Waals surface area (Å²) >= 11 is 7.77. The highest BCUT2D eigenvalue weighted by Gasteiger charge is 2.22. The molecule has 3 aromatic rings. The van der Waals surface area contributed by atoms with Gasteiger partial charge in [0.25, 0.3) is 0 Å². The van der Waals surface area contributed by atoms with Crippen molar-refractivity contribution in [3.05, 3.63) is 107 Å². The Morgan fingerprint density at radius 3 is 2.03 bits per heavy atom. The zero-order chi connectivity index (χ0) is 23.8. The number of hydrogen-bond donors (Lipinski definition) is 1. The van der Waals surface area contributed by atoms with Crippen LogP contribution in [0, 0.1) is 0 Å². The Kier molecular flexibility index (Phi) is 9.05. The van der Waals surface area contributed by atoms with E-state index >= 15 is 0 Å². The molecule has 0 aromatic heterocycles. The van der Waals surface area contributed by atoms with Gasteiger partial charge in [-0.15, -0.1) is 11.8 Å². The van der Waals surface area contributed by atoms with E-state index in [0.717, 1.165) is 43.9 Å². The topological polar surface area (TPSA) is 35.6 Å². The van der Waals surface area contributed by atoms with Crippen LogP contribution in [0.3, 0.4) is 0 Å². The molecule has 1 heterocycles. The van der Waals surface area contributed by atoms with Crippen molar-refractivity contribution in [1.82, 2.24) is 15.1 Å². The average molecular weight is 494 g/mol. The number of nitrogens with zero attached hydrogens (tertiary/aromatic N) is 2. The summed E-state index contributed by atoms with van der Waals surface area (Å²) in [5, 5.41) is 4.11. The first-order valence-corrected chi connectivity index (χ1v) is 13.2. The van der Waals surface area contributed by atoms with Crippen LogP contribution in [0.15, 0.2) is 84.9 Å². The Balaban J connectivity index is 1.43. The second kappa shape index (κ2) is 12.4. The fraction of sp³-hybridized carbons (Fsp3) is 0.321. The summed E-state index contributed by atoms with van der Waals surface area (Å²) in [6, 6.07) is 28.5. The van der Waals surface area contributed by atoms with Crippen molar-refractivity contribution in [3.63, 3.8) is 0 Å². The van der Waals surface area contributed by atoms with Gasteiger partial charge in [-0.05, 0) is 35.9 Å². The zero-order valence-electron chi connectivity index (χ0n) is 19.6. The Morgan fingerprint density at radius 2 is 1.41 bits per heavy atom. The van der Waals surface area contributed by atoms with E-state index in [1.165, 1.54) is 5.56 Å². The third kappa shape index (κ3) is 7.09. The van der Waals surface area contributed by atoms with Gasteiger partial charge in [0.1, 0.15) is 0 Å². The number of likely N-dealkylation sites (N-methyl/N-ethyl adjacent to an activating group) is 1. The van der Waals surface area contributed by atoms with E-state index < -0.39 is 0 Å². The largest absolute Gasteiger partial charge is 0.347 e. The fourth-order valence-electron chi connectivity index (χ4n) is 4.25. The van der Waals surface area contributed by atoms with Gasteiger partial charge in [-0.2, -0.15) is 0 Å². The van der Waals surface area contributed by atoms with E-state index in [-0.39, 0.29) is 17.2 Å². The number of benzene rings is 3. The average Bonchev–Trinajstić information content (AvgIpc) is 2.87. The van der Waals surface area contributed by atoms with Crippen molar-refractivity contribution in [3.8, 4) is 0 Å². The summed E-state index contributed by atoms with van der Waals surface area (Å²) in [4.78, 5) is 18.0. The molecule has 1 aliphatic rings. The van der Waals surface area contributed by atoms with Crippen LogP contribution in [0.4, 0.5) is 0 Å². The third-order valence-corrected chi connectivity index (χ3v) is 7.79. The highest BCUT2D eigenvalue weighted by atomic mass is 35.5. The fourth-order valence-corrected chi connectivity index (χ4v) is 5.48. The molecule has 0 saturated carbocycles. The molecule has 2 unspecified atom stereocenters. The number of carbonyl (C=O) groups excluding carboxylic acids is 1. The van der Waals surface area contributed by atoms with Gasteiger partial charge in [-0.1, -0.05) is 84.4 Å². The number of carbonyl (C=O) groups is 1. The molecule has 0 bridgehead atoms. The number of hydrogen-bond acceptors (Lipinski definition) is 4. The van der Waals surface area contributed by atoms with E-state index in [1.54, 1.807) is 11.8 Å². The number of halogens is 1. The van der Waals surface area contributed by atoms with Crippen LogP contribution in [0.25, 0.3) is 0 Å². The highest BCUT2D eigenvalue weighted by Crippen LogP contribution is 2.36. The number of piperazine rings is 1. The van der Waals surface area contributed by atoms with Crippen LogP contribution in [-0.2, 0) is 4.79 Å². The van der Waals surface area contributed by atoms with Crippen LogP contribution in [0.1, 0.15) is 28.0 Å². The number of nitrogens with one attached hydrogen (secondary N) is 1. The second-order valence-electron chi connectivity index (χ2n) is 8.79. The van der Waals surface area contributed by atoms with Gasteiger partial charge in [0.15, 0.2) is 0 Å². The normalized spacial score (nSPS) is 16.6. The Bertz CT molecular complexity index is 1020. The Morgan fingerprint density at radius 1 is 0.853 bits per heavy atom. The maximum Gasteiger partial charge on any atom is 0.230 e. The molecule has 3 aromatic carbocycles. The van der Waals surface area contributed by atoms with Gasteiger partial charge in [0.2, 0.25) is 5.91 Å². The molecule has 1 N–H and O–H groups in total. The Labute approximate surface area is 212 Å². The van der Waals surface area contributed by atoms with E-state index in [2.05, 4.69) is 46.4 Å². The molecule has 1 aliphatic heterocycles. The summed E-state index contributed by atoms with van der Waals surface area (Å²) in [5.41, 5.74) is 3.47. The van der Waals surface area contributed by atoms with Gasteiger partial charge in [-0.25, -0.2) is 0 Å². The number of amides is 1. The van der Waals surface area contributed by atoms with Crippen molar-refractivity contribution in [2.75, 3.05) is 45.5 Å². The monoisotopic (exact) mass is 493 g/mol. The van der Waals surface area contributed by atoms with Crippen molar-refractivity contribution >= 4 is 29.3 Å². The number of rotatable bonds is 9.